The third-order valence-corrected chi connectivity index (χ3v) is 3.13. The second-order valence-electron chi connectivity index (χ2n) is 4.24. The minimum atomic E-state index is -0.0815. The summed E-state index contributed by atoms with van der Waals surface area (Å²) in [5.74, 6) is 0.0409. The molecule has 0 radical (unpaired) electrons. The van der Waals surface area contributed by atoms with Crippen LogP contribution in [0.25, 0.3) is 0 Å². The molecule has 4 nitrogen and oxygen atoms in total. The Kier molecular flexibility index (Phi) is 5.44. The fourth-order valence-electron chi connectivity index (χ4n) is 1.55. The maximum absolute atomic E-state index is 11.7. The highest BCUT2D eigenvalue weighted by atomic mass is 35.5. The average molecular weight is 271 g/mol. The zero-order chi connectivity index (χ0) is 13.7. The summed E-state index contributed by atoms with van der Waals surface area (Å²) in [6.07, 6.45) is 0. The second-order valence-corrected chi connectivity index (χ2v) is 4.64. The Labute approximate surface area is 113 Å². The minimum absolute atomic E-state index is 0.0409. The van der Waals surface area contributed by atoms with E-state index in [4.69, 9.17) is 16.7 Å². The zero-order valence-corrected chi connectivity index (χ0v) is 11.7. The van der Waals surface area contributed by atoms with E-state index < -0.39 is 0 Å². The fraction of sp³-hybridized carbons (Fsp3) is 0.462. The quantitative estimate of drug-likeness (QED) is 0.887. The van der Waals surface area contributed by atoms with Crippen LogP contribution in [0, 0.1) is 0 Å². The summed E-state index contributed by atoms with van der Waals surface area (Å²) < 4.78 is 0. The number of benzene rings is 1. The molecule has 18 heavy (non-hydrogen) atoms. The second kappa shape index (κ2) is 6.61. The van der Waals surface area contributed by atoms with E-state index in [1.807, 2.05) is 17.9 Å². The number of aliphatic hydroxyl groups excluding tert-OH is 1. The van der Waals surface area contributed by atoms with Gasteiger partial charge in [-0.2, -0.15) is 0 Å². The highest BCUT2D eigenvalue weighted by molar-refractivity contribution is 6.31. The Morgan fingerprint density at radius 2 is 2.06 bits per heavy atom. The molecule has 0 saturated carbocycles. The topological polar surface area (TPSA) is 43.8 Å². The van der Waals surface area contributed by atoms with Crippen LogP contribution in [0.2, 0.25) is 5.02 Å². The van der Waals surface area contributed by atoms with Crippen LogP contribution in [0.5, 0.6) is 0 Å². The lowest BCUT2D eigenvalue weighted by Crippen LogP contribution is -2.36. The Hall–Kier alpha value is -1.26. The van der Waals surface area contributed by atoms with Crippen LogP contribution in [-0.2, 0) is 11.4 Å². The third-order valence-electron chi connectivity index (χ3n) is 2.78. The Morgan fingerprint density at radius 1 is 1.39 bits per heavy atom. The number of halogens is 1. The Bertz CT molecular complexity index is 421. The molecule has 0 heterocycles. The smallest absolute Gasteiger partial charge is 0.241 e. The molecule has 0 spiro atoms. The molecule has 1 N–H and O–H groups in total. The monoisotopic (exact) mass is 270 g/mol. The summed E-state index contributed by atoms with van der Waals surface area (Å²) >= 11 is 6.05. The number of carbonyl (C=O) groups excluding carboxylic acids is 1. The average Bonchev–Trinajstić information content (AvgIpc) is 2.35. The van der Waals surface area contributed by atoms with Crippen LogP contribution < -0.4 is 4.90 Å². The highest BCUT2D eigenvalue weighted by Crippen LogP contribution is 2.23. The van der Waals surface area contributed by atoms with E-state index in [0.717, 1.165) is 5.69 Å². The van der Waals surface area contributed by atoms with Crippen LogP contribution in [0.15, 0.2) is 18.2 Å². The maximum Gasteiger partial charge on any atom is 0.241 e. The standard InChI is InChI=1S/C13H19ClN2O2/c1-4-16(8-13(18)15(2)3)11-6-5-10(9-17)12(14)7-11/h5-7,17H,4,8-9H2,1-3H3. The first kappa shape index (κ1) is 14.8. The molecule has 0 fully saturated rings. The van der Waals surface area contributed by atoms with E-state index in [0.29, 0.717) is 23.7 Å². The van der Waals surface area contributed by atoms with Gasteiger partial charge < -0.3 is 14.9 Å². The van der Waals surface area contributed by atoms with Crippen molar-refractivity contribution in [3.05, 3.63) is 28.8 Å². The van der Waals surface area contributed by atoms with Gasteiger partial charge in [-0.15, -0.1) is 0 Å². The van der Waals surface area contributed by atoms with E-state index in [1.165, 1.54) is 0 Å². The summed E-state index contributed by atoms with van der Waals surface area (Å²) in [5.41, 5.74) is 1.57. The number of anilines is 1. The molecule has 1 aromatic carbocycles. The highest BCUT2D eigenvalue weighted by Gasteiger charge is 2.12. The number of nitrogens with zero attached hydrogens (tertiary/aromatic N) is 2. The van der Waals surface area contributed by atoms with Crippen LogP contribution in [0.4, 0.5) is 5.69 Å². The van der Waals surface area contributed by atoms with E-state index in [2.05, 4.69) is 0 Å². The molecule has 0 atom stereocenters. The number of rotatable bonds is 5. The summed E-state index contributed by atoms with van der Waals surface area (Å²) in [7, 11) is 3.47. The van der Waals surface area contributed by atoms with Gasteiger partial charge in [0.05, 0.1) is 13.2 Å². The van der Waals surface area contributed by atoms with Crippen LogP contribution in [-0.4, -0.2) is 43.1 Å². The number of hydrogen-bond donors (Lipinski definition) is 1. The van der Waals surface area contributed by atoms with Gasteiger partial charge in [0.1, 0.15) is 0 Å². The molecule has 1 amide bonds. The van der Waals surface area contributed by atoms with E-state index in [9.17, 15) is 4.79 Å². The van der Waals surface area contributed by atoms with E-state index in [-0.39, 0.29) is 12.5 Å². The SMILES string of the molecule is CCN(CC(=O)N(C)C)c1ccc(CO)c(Cl)c1. The van der Waals surface area contributed by atoms with Crippen LogP contribution in [0.3, 0.4) is 0 Å². The van der Waals surface area contributed by atoms with Gasteiger partial charge in [0.2, 0.25) is 5.91 Å². The first-order valence-corrected chi connectivity index (χ1v) is 6.21. The molecule has 0 saturated heterocycles. The lowest BCUT2D eigenvalue weighted by atomic mass is 10.2. The number of aliphatic hydroxyl groups is 1. The summed E-state index contributed by atoms with van der Waals surface area (Å²) in [6, 6.07) is 5.42. The Balaban J connectivity index is 2.88. The van der Waals surface area contributed by atoms with Gasteiger partial charge in [-0.05, 0) is 24.6 Å². The van der Waals surface area contributed by atoms with Crippen molar-refractivity contribution in [2.75, 3.05) is 32.1 Å². The molecule has 0 bridgehead atoms. The third kappa shape index (κ3) is 3.62. The first-order chi connectivity index (χ1) is 8.49. The predicted octanol–water partition coefficient (Wildman–Crippen LogP) is 1.75. The van der Waals surface area contributed by atoms with Gasteiger partial charge in [-0.25, -0.2) is 0 Å². The van der Waals surface area contributed by atoms with Gasteiger partial charge in [0.15, 0.2) is 0 Å². The molecule has 1 rings (SSSR count). The van der Waals surface area contributed by atoms with Crippen molar-refractivity contribution in [3.63, 3.8) is 0 Å². The van der Waals surface area contributed by atoms with Crippen molar-refractivity contribution in [2.45, 2.75) is 13.5 Å². The molecule has 100 valence electrons. The number of amides is 1. The number of likely N-dealkylation sites (N-methyl/N-ethyl adjacent to an activating group) is 2. The van der Waals surface area contributed by atoms with Crippen molar-refractivity contribution < 1.29 is 9.90 Å². The van der Waals surface area contributed by atoms with Crippen molar-refractivity contribution in [2.24, 2.45) is 0 Å². The van der Waals surface area contributed by atoms with Crippen LogP contribution >= 0.6 is 11.6 Å². The molecule has 5 heteroatoms. The molecule has 0 aliphatic rings. The number of carbonyl (C=O) groups is 1. The van der Waals surface area contributed by atoms with Crippen molar-refractivity contribution in [1.29, 1.82) is 0 Å². The van der Waals surface area contributed by atoms with Crippen molar-refractivity contribution >= 4 is 23.2 Å². The minimum Gasteiger partial charge on any atom is -0.392 e. The zero-order valence-electron chi connectivity index (χ0n) is 11.0. The molecule has 0 aromatic heterocycles. The van der Waals surface area contributed by atoms with Gasteiger partial charge >= 0.3 is 0 Å². The molecule has 1 aromatic rings. The van der Waals surface area contributed by atoms with Gasteiger partial charge in [-0.1, -0.05) is 17.7 Å². The Morgan fingerprint density at radius 3 is 2.50 bits per heavy atom. The van der Waals surface area contributed by atoms with Crippen molar-refractivity contribution in [3.8, 4) is 0 Å². The van der Waals surface area contributed by atoms with Crippen LogP contribution in [0.1, 0.15) is 12.5 Å². The summed E-state index contributed by atoms with van der Waals surface area (Å²) in [6.45, 7) is 2.94. The predicted molar refractivity (Wildman–Crippen MR) is 74.0 cm³/mol. The molecular formula is C13H19ClN2O2. The lowest BCUT2D eigenvalue weighted by Gasteiger charge is -2.24. The van der Waals surface area contributed by atoms with Crippen molar-refractivity contribution in [1.82, 2.24) is 4.90 Å². The normalized spacial score (nSPS) is 10.3. The molecular weight excluding hydrogens is 252 g/mol. The van der Waals surface area contributed by atoms with Gasteiger partial charge in [0, 0.05) is 31.4 Å². The molecule has 0 unspecified atom stereocenters. The van der Waals surface area contributed by atoms with E-state index in [1.54, 1.807) is 31.1 Å². The molecule has 0 aliphatic heterocycles. The summed E-state index contributed by atoms with van der Waals surface area (Å²) in [4.78, 5) is 15.2. The number of hydrogen-bond acceptors (Lipinski definition) is 3. The lowest BCUT2D eigenvalue weighted by molar-refractivity contribution is -0.127. The van der Waals surface area contributed by atoms with Gasteiger partial charge in [0.25, 0.3) is 0 Å². The first-order valence-electron chi connectivity index (χ1n) is 5.84. The molecule has 0 aliphatic carbocycles. The largest absolute Gasteiger partial charge is 0.392 e. The van der Waals surface area contributed by atoms with Gasteiger partial charge in [-0.3, -0.25) is 4.79 Å². The summed E-state index contributed by atoms with van der Waals surface area (Å²) in [5, 5.41) is 9.58. The maximum atomic E-state index is 11.7. The van der Waals surface area contributed by atoms with E-state index >= 15 is 0 Å². The fourth-order valence-corrected chi connectivity index (χ4v) is 1.79.